The molecule has 0 bridgehead atoms. The van der Waals surface area contributed by atoms with Crippen molar-refractivity contribution in [3.63, 3.8) is 0 Å². The topological polar surface area (TPSA) is 58.8 Å². The van der Waals surface area contributed by atoms with Crippen LogP contribution in [0.2, 0.25) is 0 Å². The van der Waals surface area contributed by atoms with E-state index >= 15 is 0 Å². The van der Waals surface area contributed by atoms with Gasteiger partial charge in [-0.15, -0.1) is 0 Å². The number of hydrogen-bond acceptors (Lipinski definition) is 3. The second kappa shape index (κ2) is 7.26. The fourth-order valence-electron chi connectivity index (χ4n) is 3.12. The van der Waals surface area contributed by atoms with Crippen LogP contribution in [0.1, 0.15) is 38.0 Å². The van der Waals surface area contributed by atoms with Gasteiger partial charge in [0.25, 0.3) is 0 Å². The summed E-state index contributed by atoms with van der Waals surface area (Å²) >= 11 is 0. The third-order valence-corrected chi connectivity index (χ3v) is 4.60. The van der Waals surface area contributed by atoms with Gasteiger partial charge in [-0.1, -0.05) is 18.2 Å². The summed E-state index contributed by atoms with van der Waals surface area (Å²) in [4.78, 5) is 4.68. The summed E-state index contributed by atoms with van der Waals surface area (Å²) in [6, 6.07) is 8.11. The number of furan rings is 1. The Morgan fingerprint density at radius 1 is 1.29 bits per heavy atom. The van der Waals surface area contributed by atoms with E-state index in [1.165, 1.54) is 0 Å². The SMILES string of the molecule is CCNC(=NCc1oc2ccccc2c1C)NCC1(C)CCCO1. The lowest BCUT2D eigenvalue weighted by atomic mass is 10.0. The highest BCUT2D eigenvalue weighted by Crippen LogP contribution is 2.25. The maximum atomic E-state index is 5.94. The van der Waals surface area contributed by atoms with Gasteiger partial charge in [0.2, 0.25) is 0 Å². The second-order valence-corrected chi connectivity index (χ2v) is 6.60. The van der Waals surface area contributed by atoms with Gasteiger partial charge in [0.15, 0.2) is 5.96 Å². The normalized spacial score (nSPS) is 21.4. The molecule has 0 saturated carbocycles. The molecule has 1 unspecified atom stereocenters. The average Bonchev–Trinajstić information content (AvgIpc) is 3.15. The van der Waals surface area contributed by atoms with E-state index in [1.54, 1.807) is 0 Å². The summed E-state index contributed by atoms with van der Waals surface area (Å²) in [5.74, 6) is 1.71. The molecule has 5 heteroatoms. The van der Waals surface area contributed by atoms with E-state index in [-0.39, 0.29) is 5.60 Å². The van der Waals surface area contributed by atoms with Gasteiger partial charge in [0.05, 0.1) is 5.60 Å². The summed E-state index contributed by atoms with van der Waals surface area (Å²) in [6.07, 6.45) is 2.21. The zero-order valence-electron chi connectivity index (χ0n) is 14.8. The van der Waals surface area contributed by atoms with Gasteiger partial charge in [-0.3, -0.25) is 0 Å². The maximum absolute atomic E-state index is 5.94. The van der Waals surface area contributed by atoms with Crippen LogP contribution in [0.15, 0.2) is 33.7 Å². The maximum Gasteiger partial charge on any atom is 0.191 e. The number of aliphatic imine (C=N–C) groups is 1. The van der Waals surface area contributed by atoms with Gasteiger partial charge >= 0.3 is 0 Å². The minimum absolute atomic E-state index is 0.0918. The van der Waals surface area contributed by atoms with Crippen LogP contribution in [0, 0.1) is 6.92 Å². The van der Waals surface area contributed by atoms with E-state index in [9.17, 15) is 0 Å². The van der Waals surface area contributed by atoms with Crippen molar-refractivity contribution in [3.8, 4) is 0 Å². The van der Waals surface area contributed by atoms with Crippen LogP contribution in [0.4, 0.5) is 0 Å². The van der Waals surface area contributed by atoms with Crippen molar-refractivity contribution in [2.45, 2.75) is 45.8 Å². The van der Waals surface area contributed by atoms with Crippen molar-refractivity contribution in [2.75, 3.05) is 19.7 Å². The lowest BCUT2D eigenvalue weighted by molar-refractivity contribution is 0.0243. The number of hydrogen-bond donors (Lipinski definition) is 2. The largest absolute Gasteiger partial charge is 0.459 e. The third kappa shape index (κ3) is 3.73. The molecule has 1 aromatic heterocycles. The Kier molecular flexibility index (Phi) is 5.09. The molecule has 2 N–H and O–H groups in total. The van der Waals surface area contributed by atoms with Crippen molar-refractivity contribution >= 4 is 16.9 Å². The van der Waals surface area contributed by atoms with Gasteiger partial charge < -0.3 is 19.8 Å². The predicted octanol–water partition coefficient (Wildman–Crippen LogP) is 3.37. The zero-order valence-corrected chi connectivity index (χ0v) is 14.8. The first-order chi connectivity index (χ1) is 11.6. The smallest absolute Gasteiger partial charge is 0.191 e. The monoisotopic (exact) mass is 329 g/mol. The molecule has 0 spiro atoms. The molecule has 0 radical (unpaired) electrons. The number of rotatable bonds is 5. The van der Waals surface area contributed by atoms with E-state index < -0.39 is 0 Å². The summed E-state index contributed by atoms with van der Waals surface area (Å²) in [7, 11) is 0. The van der Waals surface area contributed by atoms with Crippen molar-refractivity contribution in [1.29, 1.82) is 0 Å². The molecule has 1 fully saturated rings. The van der Waals surface area contributed by atoms with E-state index in [0.29, 0.717) is 6.54 Å². The standard InChI is InChI=1S/C19H27N3O2/c1-4-20-18(22-13-19(3)10-7-11-23-19)21-12-17-14(2)15-8-5-6-9-16(15)24-17/h5-6,8-9H,4,7,10-13H2,1-3H3,(H2,20,21,22). The number of nitrogens with zero attached hydrogens (tertiary/aromatic N) is 1. The Balaban J connectivity index is 1.69. The van der Waals surface area contributed by atoms with E-state index in [4.69, 9.17) is 9.15 Å². The molecule has 24 heavy (non-hydrogen) atoms. The van der Waals surface area contributed by atoms with Crippen LogP contribution in [-0.4, -0.2) is 31.3 Å². The van der Waals surface area contributed by atoms with Crippen LogP contribution in [-0.2, 0) is 11.3 Å². The Bertz CT molecular complexity index is 714. The molecule has 3 rings (SSSR count). The van der Waals surface area contributed by atoms with Gasteiger partial charge in [-0.2, -0.15) is 0 Å². The first kappa shape index (κ1) is 16.8. The average molecular weight is 329 g/mol. The van der Waals surface area contributed by atoms with Gasteiger partial charge in [0, 0.05) is 30.6 Å². The fourth-order valence-corrected chi connectivity index (χ4v) is 3.12. The van der Waals surface area contributed by atoms with Crippen molar-refractivity contribution in [3.05, 3.63) is 35.6 Å². The minimum atomic E-state index is -0.0918. The number of para-hydroxylation sites is 1. The summed E-state index contributed by atoms with van der Waals surface area (Å²) in [5, 5.41) is 7.85. The Labute approximate surface area is 143 Å². The number of aryl methyl sites for hydroxylation is 1. The first-order valence-electron chi connectivity index (χ1n) is 8.74. The van der Waals surface area contributed by atoms with Crippen LogP contribution in [0.5, 0.6) is 0 Å². The summed E-state index contributed by atoms with van der Waals surface area (Å²) in [5.41, 5.74) is 1.99. The van der Waals surface area contributed by atoms with Gasteiger partial charge in [-0.05, 0) is 39.7 Å². The second-order valence-electron chi connectivity index (χ2n) is 6.60. The molecule has 0 amide bonds. The highest BCUT2D eigenvalue weighted by Gasteiger charge is 2.29. The van der Waals surface area contributed by atoms with Gasteiger partial charge in [0.1, 0.15) is 17.9 Å². The quantitative estimate of drug-likeness (QED) is 0.652. The molecule has 2 heterocycles. The molecule has 1 aliphatic heterocycles. The number of benzene rings is 1. The summed E-state index contributed by atoms with van der Waals surface area (Å²) < 4.78 is 11.8. The highest BCUT2D eigenvalue weighted by molar-refractivity contribution is 5.82. The van der Waals surface area contributed by atoms with Crippen LogP contribution in [0.3, 0.4) is 0 Å². The van der Waals surface area contributed by atoms with E-state index in [2.05, 4.69) is 42.5 Å². The number of nitrogens with one attached hydrogen (secondary N) is 2. The zero-order chi connectivity index (χ0) is 17.0. The molecule has 1 saturated heterocycles. The molecular formula is C19H27N3O2. The van der Waals surface area contributed by atoms with E-state index in [0.717, 1.165) is 60.8 Å². The predicted molar refractivity (Wildman–Crippen MR) is 97.4 cm³/mol. The van der Waals surface area contributed by atoms with Crippen LogP contribution < -0.4 is 10.6 Å². The molecule has 2 aromatic rings. The molecule has 1 atom stereocenters. The first-order valence-corrected chi connectivity index (χ1v) is 8.74. The number of guanidine groups is 1. The Morgan fingerprint density at radius 3 is 2.83 bits per heavy atom. The van der Waals surface area contributed by atoms with Crippen molar-refractivity contribution in [1.82, 2.24) is 10.6 Å². The third-order valence-electron chi connectivity index (χ3n) is 4.60. The molecule has 1 aliphatic rings. The molecular weight excluding hydrogens is 302 g/mol. The molecule has 1 aromatic carbocycles. The van der Waals surface area contributed by atoms with E-state index in [1.807, 2.05) is 18.2 Å². The molecule has 5 nitrogen and oxygen atoms in total. The Hall–Kier alpha value is -2.01. The lowest BCUT2D eigenvalue weighted by Crippen LogP contribution is -2.45. The fraction of sp³-hybridized carbons (Fsp3) is 0.526. The summed E-state index contributed by atoms with van der Waals surface area (Å²) in [6.45, 7) is 9.26. The lowest BCUT2D eigenvalue weighted by Gasteiger charge is -2.24. The van der Waals surface area contributed by atoms with Crippen LogP contribution in [0.25, 0.3) is 11.0 Å². The van der Waals surface area contributed by atoms with Crippen molar-refractivity contribution in [2.24, 2.45) is 4.99 Å². The number of fused-ring (bicyclic) bond motifs is 1. The molecule has 0 aliphatic carbocycles. The van der Waals surface area contributed by atoms with Gasteiger partial charge in [-0.25, -0.2) is 4.99 Å². The Morgan fingerprint density at radius 2 is 2.12 bits per heavy atom. The van der Waals surface area contributed by atoms with Crippen LogP contribution >= 0.6 is 0 Å². The number of ether oxygens (including phenoxy) is 1. The minimum Gasteiger partial charge on any atom is -0.459 e. The molecule has 130 valence electrons. The van der Waals surface area contributed by atoms with Crippen molar-refractivity contribution < 1.29 is 9.15 Å². The highest BCUT2D eigenvalue weighted by atomic mass is 16.5.